The number of benzene rings is 1. The molecule has 0 spiro atoms. The molecule has 0 bridgehead atoms. The van der Waals surface area contributed by atoms with E-state index in [1.807, 2.05) is 12.1 Å². The molecule has 2 nitrogen and oxygen atoms in total. The van der Waals surface area contributed by atoms with E-state index in [0.717, 1.165) is 19.5 Å². The zero-order valence-electron chi connectivity index (χ0n) is 9.03. The summed E-state index contributed by atoms with van der Waals surface area (Å²) in [5, 5.41) is 12.6. The molecule has 1 heterocycles. The van der Waals surface area contributed by atoms with E-state index >= 15 is 0 Å². The van der Waals surface area contributed by atoms with E-state index < -0.39 is 0 Å². The van der Waals surface area contributed by atoms with Crippen LogP contribution in [-0.2, 0) is 0 Å². The van der Waals surface area contributed by atoms with Crippen molar-refractivity contribution in [2.24, 2.45) is 5.92 Å². The van der Waals surface area contributed by atoms with Gasteiger partial charge in [0.15, 0.2) is 0 Å². The summed E-state index contributed by atoms with van der Waals surface area (Å²) in [4.78, 5) is 0. The molecule has 0 amide bonds. The van der Waals surface area contributed by atoms with Crippen molar-refractivity contribution in [1.29, 1.82) is 5.26 Å². The molecule has 1 fully saturated rings. The quantitative estimate of drug-likeness (QED) is 0.794. The minimum atomic E-state index is 0.0567. The van der Waals surface area contributed by atoms with E-state index in [4.69, 9.17) is 0 Å². The zero-order chi connectivity index (χ0) is 10.7. The summed E-state index contributed by atoms with van der Waals surface area (Å²) >= 11 is 0. The fourth-order valence-electron chi connectivity index (χ4n) is 2.33. The van der Waals surface area contributed by atoms with Gasteiger partial charge in [-0.3, -0.25) is 0 Å². The Labute approximate surface area is 90.9 Å². The Bertz CT molecular complexity index is 372. The molecule has 0 radical (unpaired) electrons. The molecule has 0 saturated carbocycles. The van der Waals surface area contributed by atoms with Crippen LogP contribution in [0.5, 0.6) is 0 Å². The van der Waals surface area contributed by atoms with Crippen LogP contribution >= 0.6 is 0 Å². The highest BCUT2D eigenvalue weighted by Crippen LogP contribution is 2.30. The van der Waals surface area contributed by atoms with Crippen LogP contribution < -0.4 is 5.32 Å². The fourth-order valence-corrected chi connectivity index (χ4v) is 2.33. The van der Waals surface area contributed by atoms with Gasteiger partial charge in [-0.2, -0.15) is 5.26 Å². The Balaban J connectivity index is 2.27. The number of hydrogen-bond donors (Lipinski definition) is 1. The van der Waals surface area contributed by atoms with Gasteiger partial charge in [0.2, 0.25) is 0 Å². The number of nitriles is 1. The Hall–Kier alpha value is -1.33. The van der Waals surface area contributed by atoms with E-state index in [0.29, 0.717) is 5.92 Å². The third-order valence-corrected chi connectivity index (χ3v) is 3.23. The summed E-state index contributed by atoms with van der Waals surface area (Å²) in [6.07, 6.45) is 1.12. The standard InChI is InChI=1S/C13H16N2/c1-10-4-2-3-5-12(10)13(8-14)11-6-7-15-9-11/h2-5,11,13,15H,6-7,9H2,1H3. The van der Waals surface area contributed by atoms with Crippen molar-refractivity contribution in [1.82, 2.24) is 5.32 Å². The predicted molar refractivity (Wildman–Crippen MR) is 60.5 cm³/mol. The highest BCUT2D eigenvalue weighted by molar-refractivity contribution is 5.33. The van der Waals surface area contributed by atoms with E-state index in [2.05, 4.69) is 30.4 Å². The number of nitrogens with zero attached hydrogens (tertiary/aromatic N) is 1. The van der Waals surface area contributed by atoms with Crippen LogP contribution in [-0.4, -0.2) is 13.1 Å². The smallest absolute Gasteiger partial charge is 0.0756 e. The lowest BCUT2D eigenvalue weighted by atomic mass is 9.84. The first kappa shape index (κ1) is 10.2. The lowest BCUT2D eigenvalue weighted by Gasteiger charge is -2.17. The Morgan fingerprint density at radius 1 is 1.47 bits per heavy atom. The molecule has 0 aromatic heterocycles. The van der Waals surface area contributed by atoms with E-state index in [1.165, 1.54) is 11.1 Å². The molecule has 0 aliphatic carbocycles. The summed E-state index contributed by atoms with van der Waals surface area (Å²) in [5.74, 6) is 0.539. The number of hydrogen-bond acceptors (Lipinski definition) is 2. The van der Waals surface area contributed by atoms with E-state index in [-0.39, 0.29) is 5.92 Å². The lowest BCUT2D eigenvalue weighted by molar-refractivity contribution is 0.529. The van der Waals surface area contributed by atoms with Crippen LogP contribution in [0.3, 0.4) is 0 Å². The molecule has 1 aliphatic rings. The molecule has 2 unspecified atom stereocenters. The minimum absolute atomic E-state index is 0.0567. The SMILES string of the molecule is Cc1ccccc1C(C#N)C1CCNC1. The van der Waals surface area contributed by atoms with Gasteiger partial charge in [0.05, 0.1) is 12.0 Å². The largest absolute Gasteiger partial charge is 0.316 e. The normalized spacial score (nSPS) is 22.3. The van der Waals surface area contributed by atoms with E-state index in [9.17, 15) is 5.26 Å². The summed E-state index contributed by atoms with van der Waals surface area (Å²) in [6, 6.07) is 10.7. The Morgan fingerprint density at radius 2 is 2.27 bits per heavy atom. The molecule has 1 saturated heterocycles. The average molecular weight is 200 g/mol. The molecular weight excluding hydrogens is 184 g/mol. The third kappa shape index (κ3) is 2.03. The molecule has 1 aliphatic heterocycles. The maximum Gasteiger partial charge on any atom is 0.0756 e. The van der Waals surface area contributed by atoms with Gasteiger partial charge >= 0.3 is 0 Å². The minimum Gasteiger partial charge on any atom is -0.316 e. The first-order chi connectivity index (χ1) is 7.33. The second kappa shape index (κ2) is 4.46. The summed E-state index contributed by atoms with van der Waals surface area (Å²) < 4.78 is 0. The Morgan fingerprint density at radius 3 is 2.87 bits per heavy atom. The average Bonchev–Trinajstić information content (AvgIpc) is 2.75. The van der Waals surface area contributed by atoms with Gasteiger partial charge in [-0.25, -0.2) is 0 Å². The molecule has 2 heteroatoms. The topological polar surface area (TPSA) is 35.8 Å². The molecular formula is C13H16N2. The van der Waals surface area contributed by atoms with Gasteiger partial charge in [0.1, 0.15) is 0 Å². The highest BCUT2D eigenvalue weighted by atomic mass is 14.9. The molecule has 1 N–H and O–H groups in total. The van der Waals surface area contributed by atoms with Crippen molar-refractivity contribution in [3.05, 3.63) is 35.4 Å². The maximum absolute atomic E-state index is 9.29. The molecule has 15 heavy (non-hydrogen) atoms. The first-order valence-corrected chi connectivity index (χ1v) is 5.49. The van der Waals surface area contributed by atoms with Gasteiger partial charge < -0.3 is 5.32 Å². The zero-order valence-corrected chi connectivity index (χ0v) is 9.03. The number of aryl methyl sites for hydroxylation is 1. The number of rotatable bonds is 2. The number of nitrogens with one attached hydrogen (secondary N) is 1. The summed E-state index contributed by atoms with van der Waals surface area (Å²) in [6.45, 7) is 4.11. The summed E-state index contributed by atoms with van der Waals surface area (Å²) in [7, 11) is 0. The van der Waals surface area contributed by atoms with Gasteiger partial charge in [0, 0.05) is 0 Å². The molecule has 1 aromatic rings. The molecule has 2 atom stereocenters. The predicted octanol–water partition coefficient (Wildman–Crippen LogP) is 2.21. The third-order valence-electron chi connectivity index (χ3n) is 3.23. The van der Waals surface area contributed by atoms with Crippen LogP contribution in [0.4, 0.5) is 0 Å². The van der Waals surface area contributed by atoms with Crippen LogP contribution in [0.25, 0.3) is 0 Å². The van der Waals surface area contributed by atoms with Crippen molar-refractivity contribution in [3.63, 3.8) is 0 Å². The first-order valence-electron chi connectivity index (χ1n) is 5.49. The van der Waals surface area contributed by atoms with Gasteiger partial charge in [-0.1, -0.05) is 24.3 Å². The van der Waals surface area contributed by atoms with Crippen molar-refractivity contribution >= 4 is 0 Å². The maximum atomic E-state index is 9.29. The van der Waals surface area contributed by atoms with Crippen molar-refractivity contribution in [3.8, 4) is 6.07 Å². The van der Waals surface area contributed by atoms with Gasteiger partial charge in [-0.05, 0) is 43.5 Å². The summed E-state index contributed by atoms with van der Waals surface area (Å²) in [5.41, 5.74) is 2.43. The highest BCUT2D eigenvalue weighted by Gasteiger charge is 2.26. The van der Waals surface area contributed by atoms with Gasteiger partial charge in [-0.15, -0.1) is 0 Å². The second-order valence-electron chi connectivity index (χ2n) is 4.22. The van der Waals surface area contributed by atoms with Gasteiger partial charge in [0.25, 0.3) is 0 Å². The molecule has 2 rings (SSSR count). The van der Waals surface area contributed by atoms with Crippen molar-refractivity contribution in [2.75, 3.05) is 13.1 Å². The van der Waals surface area contributed by atoms with E-state index in [1.54, 1.807) is 0 Å². The van der Waals surface area contributed by atoms with Crippen LogP contribution in [0, 0.1) is 24.2 Å². The van der Waals surface area contributed by atoms with Crippen LogP contribution in [0.2, 0.25) is 0 Å². The van der Waals surface area contributed by atoms with Crippen molar-refractivity contribution in [2.45, 2.75) is 19.3 Å². The fraction of sp³-hybridized carbons (Fsp3) is 0.462. The molecule has 1 aromatic carbocycles. The molecule has 78 valence electrons. The Kier molecular flexibility index (Phi) is 3.03. The van der Waals surface area contributed by atoms with Crippen LogP contribution in [0.15, 0.2) is 24.3 Å². The van der Waals surface area contributed by atoms with Crippen LogP contribution in [0.1, 0.15) is 23.5 Å². The lowest BCUT2D eigenvalue weighted by Crippen LogP contribution is -2.16. The van der Waals surface area contributed by atoms with Crippen molar-refractivity contribution < 1.29 is 0 Å². The second-order valence-corrected chi connectivity index (χ2v) is 4.22. The monoisotopic (exact) mass is 200 g/mol.